The third-order valence-corrected chi connectivity index (χ3v) is 1.69. The van der Waals surface area contributed by atoms with Gasteiger partial charge in [-0.1, -0.05) is 12.8 Å². The molecule has 46 valence electrons. The summed E-state index contributed by atoms with van der Waals surface area (Å²) in [4.78, 5) is 10.1. The third kappa shape index (κ3) is 0.997. The minimum atomic E-state index is -0.859. The predicted octanol–water partition coefficient (Wildman–Crippen LogP) is -0.0735. The minimum Gasteiger partial charge on any atom is -0.550 e. The van der Waals surface area contributed by atoms with Crippen LogP contribution in [-0.2, 0) is 4.79 Å². The number of carboxylic acid groups (broad SMARTS) is 1. The van der Waals surface area contributed by atoms with E-state index in [9.17, 15) is 9.90 Å². The highest BCUT2D eigenvalue weighted by atomic mass is 16.4. The maximum Gasteiger partial charge on any atom is 0.0445 e. The highest BCUT2D eigenvalue weighted by Crippen LogP contribution is 2.23. The van der Waals surface area contributed by atoms with Crippen LogP contribution in [0.4, 0.5) is 0 Å². The lowest BCUT2D eigenvalue weighted by molar-refractivity contribution is -0.311. The molecule has 8 heavy (non-hydrogen) atoms. The van der Waals surface area contributed by atoms with Gasteiger partial charge in [-0.2, -0.15) is 0 Å². The lowest BCUT2D eigenvalue weighted by Crippen LogP contribution is -2.29. The second kappa shape index (κ2) is 2.16. The van der Waals surface area contributed by atoms with Crippen LogP contribution < -0.4 is 5.11 Å². The first-order chi connectivity index (χ1) is 3.80. The number of hydrogen-bond acceptors (Lipinski definition) is 2. The van der Waals surface area contributed by atoms with E-state index in [1.165, 1.54) is 0 Å². The summed E-state index contributed by atoms with van der Waals surface area (Å²) >= 11 is 0. The molecule has 0 atom stereocenters. The molecular weight excluding hydrogens is 104 g/mol. The van der Waals surface area contributed by atoms with E-state index in [0.717, 1.165) is 25.7 Å². The number of carbonyl (C=O) groups is 1. The van der Waals surface area contributed by atoms with Crippen LogP contribution in [-0.4, -0.2) is 5.97 Å². The molecule has 1 rings (SSSR count). The summed E-state index contributed by atoms with van der Waals surface area (Å²) in [5.41, 5.74) is 0. The van der Waals surface area contributed by atoms with Crippen molar-refractivity contribution in [1.82, 2.24) is 0 Å². The number of rotatable bonds is 1. The van der Waals surface area contributed by atoms with Crippen molar-refractivity contribution in [3.63, 3.8) is 0 Å². The zero-order valence-electron chi connectivity index (χ0n) is 4.72. The Labute approximate surface area is 48.5 Å². The van der Waals surface area contributed by atoms with Crippen molar-refractivity contribution in [3.05, 3.63) is 0 Å². The largest absolute Gasteiger partial charge is 0.550 e. The lowest BCUT2D eigenvalue weighted by atomic mass is 10.1. The number of carbonyl (C=O) groups excluding carboxylic acids is 1. The maximum absolute atomic E-state index is 10.1. The molecule has 1 aliphatic carbocycles. The van der Waals surface area contributed by atoms with Crippen LogP contribution in [0.25, 0.3) is 0 Å². The molecule has 0 N–H and O–H groups in total. The normalized spacial score (nSPS) is 21.5. The second-order valence-electron chi connectivity index (χ2n) is 2.30. The molecule has 0 bridgehead atoms. The molecule has 0 aromatic carbocycles. The van der Waals surface area contributed by atoms with Crippen LogP contribution in [0.3, 0.4) is 0 Å². The fourth-order valence-electron chi connectivity index (χ4n) is 1.16. The molecule has 0 heterocycles. The molecule has 1 aliphatic rings. The van der Waals surface area contributed by atoms with E-state index in [1.54, 1.807) is 0 Å². The summed E-state index contributed by atoms with van der Waals surface area (Å²) < 4.78 is 0. The topological polar surface area (TPSA) is 40.1 Å². The standard InChI is InChI=1S/C6H10O2/c7-6(8)5-3-1-2-4-5/h5H,1-4H2,(H,7,8)/p-1. The SMILES string of the molecule is O=C([O-])C1CCCC1. The quantitative estimate of drug-likeness (QED) is 0.477. The molecular formula is C6H9O2-. The van der Waals surface area contributed by atoms with Gasteiger partial charge in [-0.3, -0.25) is 0 Å². The number of aliphatic carboxylic acids is 1. The van der Waals surface area contributed by atoms with Gasteiger partial charge < -0.3 is 9.90 Å². The van der Waals surface area contributed by atoms with E-state index >= 15 is 0 Å². The zero-order chi connectivity index (χ0) is 5.98. The summed E-state index contributed by atoms with van der Waals surface area (Å²) in [6, 6.07) is 0. The van der Waals surface area contributed by atoms with Crippen LogP contribution in [0.15, 0.2) is 0 Å². The average Bonchev–Trinajstić information content (AvgIpc) is 2.12. The number of carboxylic acids is 1. The van der Waals surface area contributed by atoms with E-state index in [-0.39, 0.29) is 5.92 Å². The lowest BCUT2D eigenvalue weighted by Gasteiger charge is -2.07. The van der Waals surface area contributed by atoms with Crippen molar-refractivity contribution in [3.8, 4) is 0 Å². The Hall–Kier alpha value is -0.530. The first kappa shape index (κ1) is 5.60. The van der Waals surface area contributed by atoms with E-state index in [1.807, 2.05) is 0 Å². The Balaban J connectivity index is 2.35. The Kier molecular flexibility index (Phi) is 1.51. The van der Waals surface area contributed by atoms with Gasteiger partial charge in [-0.15, -0.1) is 0 Å². The van der Waals surface area contributed by atoms with Gasteiger partial charge in [0.25, 0.3) is 0 Å². The van der Waals surface area contributed by atoms with Crippen molar-refractivity contribution < 1.29 is 9.90 Å². The minimum absolute atomic E-state index is 0.130. The Morgan fingerprint density at radius 2 is 1.88 bits per heavy atom. The van der Waals surface area contributed by atoms with Gasteiger partial charge >= 0.3 is 0 Å². The van der Waals surface area contributed by atoms with Gasteiger partial charge in [0.05, 0.1) is 0 Å². The molecule has 0 aromatic rings. The molecule has 0 spiro atoms. The highest BCUT2D eigenvalue weighted by molar-refractivity contribution is 5.67. The summed E-state index contributed by atoms with van der Waals surface area (Å²) in [5, 5.41) is 10.1. The summed E-state index contributed by atoms with van der Waals surface area (Å²) in [6.07, 6.45) is 3.81. The molecule has 1 fully saturated rings. The van der Waals surface area contributed by atoms with Gasteiger partial charge in [0.1, 0.15) is 0 Å². The van der Waals surface area contributed by atoms with Gasteiger partial charge in [0.2, 0.25) is 0 Å². The molecule has 0 saturated heterocycles. The monoisotopic (exact) mass is 113 g/mol. The van der Waals surface area contributed by atoms with Gasteiger partial charge in [-0.25, -0.2) is 0 Å². The zero-order valence-corrected chi connectivity index (χ0v) is 4.72. The van der Waals surface area contributed by atoms with Crippen molar-refractivity contribution in [2.45, 2.75) is 25.7 Å². The predicted molar refractivity (Wildman–Crippen MR) is 27.0 cm³/mol. The van der Waals surface area contributed by atoms with Gasteiger partial charge in [0, 0.05) is 5.97 Å². The van der Waals surface area contributed by atoms with Crippen molar-refractivity contribution in [2.75, 3.05) is 0 Å². The van der Waals surface area contributed by atoms with Crippen molar-refractivity contribution >= 4 is 5.97 Å². The van der Waals surface area contributed by atoms with Crippen LogP contribution in [0.1, 0.15) is 25.7 Å². The highest BCUT2D eigenvalue weighted by Gasteiger charge is 2.14. The van der Waals surface area contributed by atoms with E-state index in [2.05, 4.69) is 0 Å². The fraction of sp³-hybridized carbons (Fsp3) is 0.833. The van der Waals surface area contributed by atoms with Crippen LogP contribution in [0.2, 0.25) is 0 Å². The summed E-state index contributed by atoms with van der Waals surface area (Å²) in [6.45, 7) is 0. The number of hydrogen-bond donors (Lipinski definition) is 0. The summed E-state index contributed by atoms with van der Waals surface area (Å²) in [7, 11) is 0. The Bertz CT molecular complexity index is 92.7. The van der Waals surface area contributed by atoms with Crippen molar-refractivity contribution in [1.29, 1.82) is 0 Å². The molecule has 0 aliphatic heterocycles. The smallest absolute Gasteiger partial charge is 0.0445 e. The van der Waals surface area contributed by atoms with Crippen LogP contribution >= 0.6 is 0 Å². The molecule has 0 radical (unpaired) electrons. The van der Waals surface area contributed by atoms with E-state index in [4.69, 9.17) is 0 Å². The van der Waals surface area contributed by atoms with Gasteiger partial charge in [0.15, 0.2) is 0 Å². The average molecular weight is 113 g/mol. The molecule has 0 aromatic heterocycles. The van der Waals surface area contributed by atoms with E-state index < -0.39 is 5.97 Å². The van der Waals surface area contributed by atoms with E-state index in [0.29, 0.717) is 0 Å². The fourth-order valence-corrected chi connectivity index (χ4v) is 1.16. The molecule has 2 heteroatoms. The second-order valence-corrected chi connectivity index (χ2v) is 2.30. The van der Waals surface area contributed by atoms with Crippen LogP contribution in [0, 0.1) is 5.92 Å². The van der Waals surface area contributed by atoms with Crippen LogP contribution in [0.5, 0.6) is 0 Å². The van der Waals surface area contributed by atoms with Gasteiger partial charge in [-0.05, 0) is 18.8 Å². The first-order valence-corrected chi connectivity index (χ1v) is 3.01. The Morgan fingerprint density at radius 1 is 1.38 bits per heavy atom. The maximum atomic E-state index is 10.1. The first-order valence-electron chi connectivity index (χ1n) is 3.01. The third-order valence-electron chi connectivity index (χ3n) is 1.69. The Morgan fingerprint density at radius 3 is 2.12 bits per heavy atom. The molecule has 0 amide bonds. The summed E-state index contributed by atoms with van der Waals surface area (Å²) in [5.74, 6) is -0.988. The van der Waals surface area contributed by atoms with Crippen molar-refractivity contribution in [2.24, 2.45) is 5.92 Å². The molecule has 1 saturated carbocycles. The molecule has 0 unspecified atom stereocenters. The molecule has 2 nitrogen and oxygen atoms in total.